The normalized spacial score (nSPS) is 10.7. The molecule has 0 saturated heterocycles. The molecule has 0 bridgehead atoms. The maximum absolute atomic E-state index is 13.0. The van der Waals surface area contributed by atoms with Gasteiger partial charge in [0, 0.05) is 18.5 Å². The van der Waals surface area contributed by atoms with Crippen molar-refractivity contribution in [2.75, 3.05) is 5.32 Å². The van der Waals surface area contributed by atoms with Crippen LogP contribution in [0.15, 0.2) is 77.3 Å². The molecule has 0 spiro atoms. The van der Waals surface area contributed by atoms with Crippen LogP contribution in [0, 0.1) is 5.82 Å². The smallest absolute Gasteiger partial charge is 0.206 e. The van der Waals surface area contributed by atoms with Crippen LogP contribution in [0.2, 0.25) is 0 Å². The molecule has 5 nitrogen and oxygen atoms in total. The number of thioether (sulfide) groups is 1. The summed E-state index contributed by atoms with van der Waals surface area (Å²) in [6.07, 6.45) is 1.76. The van der Waals surface area contributed by atoms with Crippen LogP contribution in [0.25, 0.3) is 0 Å². The van der Waals surface area contributed by atoms with Gasteiger partial charge in [0.25, 0.3) is 0 Å². The van der Waals surface area contributed by atoms with Crippen LogP contribution < -0.4 is 10.1 Å². The molecule has 0 radical (unpaired) electrons. The lowest BCUT2D eigenvalue weighted by atomic mass is 10.2. The Morgan fingerprint density at radius 1 is 0.933 bits per heavy atom. The van der Waals surface area contributed by atoms with Gasteiger partial charge in [-0.05, 0) is 47.5 Å². The van der Waals surface area contributed by atoms with Crippen LogP contribution >= 0.6 is 23.1 Å². The van der Waals surface area contributed by atoms with E-state index in [1.54, 1.807) is 30.1 Å². The second-order valence-electron chi connectivity index (χ2n) is 6.40. The number of hydrogen-bond acceptors (Lipinski definition) is 7. The van der Waals surface area contributed by atoms with Crippen LogP contribution in [0.1, 0.15) is 16.8 Å². The minimum Gasteiger partial charge on any atom is -0.487 e. The van der Waals surface area contributed by atoms with Crippen LogP contribution in [0.4, 0.5) is 9.52 Å². The Morgan fingerprint density at radius 2 is 1.73 bits per heavy atom. The summed E-state index contributed by atoms with van der Waals surface area (Å²) in [6.45, 7) is 1.03. The topological polar surface area (TPSA) is 59.9 Å². The molecule has 2 aromatic carbocycles. The van der Waals surface area contributed by atoms with Crippen molar-refractivity contribution in [3.63, 3.8) is 0 Å². The summed E-state index contributed by atoms with van der Waals surface area (Å²) in [5.41, 5.74) is 3.07. The van der Waals surface area contributed by atoms with Crippen molar-refractivity contribution >= 4 is 28.2 Å². The number of pyridine rings is 1. The van der Waals surface area contributed by atoms with Crippen LogP contribution in [0.5, 0.6) is 5.75 Å². The molecule has 0 aliphatic carbocycles. The molecule has 0 fully saturated rings. The lowest BCUT2D eigenvalue weighted by Gasteiger charge is -2.06. The molecule has 8 heteroatoms. The fourth-order valence-corrected chi connectivity index (χ4v) is 4.29. The van der Waals surface area contributed by atoms with Crippen molar-refractivity contribution in [3.8, 4) is 5.75 Å². The molecule has 0 atom stereocenters. The summed E-state index contributed by atoms with van der Waals surface area (Å²) >= 11 is 3.15. The lowest BCUT2D eigenvalue weighted by Crippen LogP contribution is -1.98. The molecular weight excluding hydrogens is 419 g/mol. The van der Waals surface area contributed by atoms with Gasteiger partial charge in [-0.3, -0.25) is 4.98 Å². The van der Waals surface area contributed by atoms with Crippen LogP contribution in [-0.4, -0.2) is 15.2 Å². The number of rotatable bonds is 9. The van der Waals surface area contributed by atoms with E-state index in [4.69, 9.17) is 4.74 Å². The standard InChI is InChI=1S/C22H19FN4OS2/c23-18-8-4-16(5-9-18)13-25-21-26-27-22(30-21)29-15-17-6-10-20(11-7-17)28-14-19-3-1-2-12-24-19/h1-12H,13-15H2,(H,25,26). The molecule has 0 saturated carbocycles. The number of ether oxygens (including phenoxy) is 1. The fraction of sp³-hybridized carbons (Fsp3) is 0.136. The zero-order valence-corrected chi connectivity index (χ0v) is 17.6. The summed E-state index contributed by atoms with van der Waals surface area (Å²) < 4.78 is 19.6. The first kappa shape index (κ1) is 20.3. The number of halogens is 1. The van der Waals surface area contributed by atoms with Gasteiger partial charge in [0.1, 0.15) is 18.2 Å². The van der Waals surface area contributed by atoms with Gasteiger partial charge in [0.15, 0.2) is 4.34 Å². The fourth-order valence-electron chi connectivity index (χ4n) is 2.59. The maximum Gasteiger partial charge on any atom is 0.206 e. The van der Waals surface area contributed by atoms with Gasteiger partial charge in [-0.1, -0.05) is 53.4 Å². The predicted molar refractivity (Wildman–Crippen MR) is 118 cm³/mol. The Bertz CT molecular complexity index is 1060. The Labute approximate surface area is 182 Å². The molecule has 4 aromatic rings. The van der Waals surface area contributed by atoms with Crippen molar-refractivity contribution < 1.29 is 9.13 Å². The van der Waals surface area contributed by atoms with Crippen molar-refractivity contribution in [1.82, 2.24) is 15.2 Å². The summed E-state index contributed by atoms with van der Waals surface area (Å²) in [6, 6.07) is 20.2. The third-order valence-corrected chi connectivity index (χ3v) is 6.25. The summed E-state index contributed by atoms with van der Waals surface area (Å²) in [5.74, 6) is 1.38. The molecular formula is C22H19FN4OS2. The van der Waals surface area contributed by atoms with E-state index in [9.17, 15) is 4.39 Å². The Hall–Kier alpha value is -2.97. The maximum atomic E-state index is 13.0. The molecule has 2 aromatic heterocycles. The second-order valence-corrected chi connectivity index (χ2v) is 8.60. The number of benzene rings is 2. The molecule has 152 valence electrons. The molecule has 0 aliphatic heterocycles. The van der Waals surface area contributed by atoms with E-state index in [1.807, 2.05) is 30.3 Å². The first-order chi connectivity index (χ1) is 14.7. The third-order valence-electron chi connectivity index (χ3n) is 4.16. The minimum atomic E-state index is -0.235. The molecule has 0 aliphatic rings. The average molecular weight is 439 g/mol. The highest BCUT2D eigenvalue weighted by molar-refractivity contribution is 8.00. The monoisotopic (exact) mass is 438 g/mol. The van der Waals surface area contributed by atoms with Gasteiger partial charge in [-0.25, -0.2) is 4.39 Å². The number of anilines is 1. The SMILES string of the molecule is Fc1ccc(CNc2nnc(SCc3ccc(OCc4ccccn4)cc3)s2)cc1. The Balaban J connectivity index is 1.23. The zero-order chi connectivity index (χ0) is 20.6. The number of aromatic nitrogens is 3. The zero-order valence-electron chi connectivity index (χ0n) is 16.0. The quantitative estimate of drug-likeness (QED) is 0.346. The number of nitrogens with one attached hydrogen (secondary N) is 1. The van der Waals surface area contributed by atoms with E-state index in [2.05, 4.69) is 32.6 Å². The van der Waals surface area contributed by atoms with E-state index in [0.717, 1.165) is 32.2 Å². The Morgan fingerprint density at radius 3 is 2.50 bits per heavy atom. The van der Waals surface area contributed by atoms with Crippen molar-refractivity contribution in [3.05, 3.63) is 95.6 Å². The highest BCUT2D eigenvalue weighted by Crippen LogP contribution is 2.29. The van der Waals surface area contributed by atoms with E-state index in [0.29, 0.717) is 13.2 Å². The van der Waals surface area contributed by atoms with Crippen molar-refractivity contribution in [1.29, 1.82) is 0 Å². The van der Waals surface area contributed by atoms with Gasteiger partial charge in [-0.15, -0.1) is 10.2 Å². The van der Waals surface area contributed by atoms with E-state index >= 15 is 0 Å². The van der Waals surface area contributed by atoms with E-state index < -0.39 is 0 Å². The van der Waals surface area contributed by atoms with Gasteiger partial charge >= 0.3 is 0 Å². The van der Waals surface area contributed by atoms with E-state index in [-0.39, 0.29) is 5.82 Å². The first-order valence-electron chi connectivity index (χ1n) is 9.31. The summed E-state index contributed by atoms with van der Waals surface area (Å²) in [5, 5.41) is 12.4. The molecule has 4 rings (SSSR count). The number of hydrogen-bond donors (Lipinski definition) is 1. The molecule has 0 amide bonds. The van der Waals surface area contributed by atoms with E-state index in [1.165, 1.54) is 29.0 Å². The largest absolute Gasteiger partial charge is 0.487 e. The van der Waals surface area contributed by atoms with Crippen LogP contribution in [-0.2, 0) is 18.9 Å². The second kappa shape index (κ2) is 10.2. The minimum absolute atomic E-state index is 0.235. The number of nitrogens with zero attached hydrogens (tertiary/aromatic N) is 3. The van der Waals surface area contributed by atoms with Gasteiger partial charge in [0.2, 0.25) is 5.13 Å². The van der Waals surface area contributed by atoms with Gasteiger partial charge < -0.3 is 10.1 Å². The third kappa shape index (κ3) is 6.01. The summed E-state index contributed by atoms with van der Waals surface area (Å²) in [4.78, 5) is 4.25. The van der Waals surface area contributed by atoms with Crippen molar-refractivity contribution in [2.45, 2.75) is 23.2 Å². The van der Waals surface area contributed by atoms with Gasteiger partial charge in [-0.2, -0.15) is 0 Å². The van der Waals surface area contributed by atoms with Crippen molar-refractivity contribution in [2.24, 2.45) is 0 Å². The Kier molecular flexibility index (Phi) is 6.89. The predicted octanol–water partition coefficient (Wildman–Crippen LogP) is 5.56. The average Bonchev–Trinajstić information content (AvgIpc) is 3.25. The van der Waals surface area contributed by atoms with Crippen LogP contribution in [0.3, 0.4) is 0 Å². The molecule has 0 unspecified atom stereocenters. The van der Waals surface area contributed by atoms with Gasteiger partial charge in [0.05, 0.1) is 5.69 Å². The molecule has 30 heavy (non-hydrogen) atoms. The highest BCUT2D eigenvalue weighted by Gasteiger charge is 2.06. The highest BCUT2D eigenvalue weighted by atomic mass is 32.2. The lowest BCUT2D eigenvalue weighted by molar-refractivity contribution is 0.301. The molecule has 1 N–H and O–H groups in total. The first-order valence-corrected chi connectivity index (χ1v) is 11.1. The molecule has 2 heterocycles. The summed E-state index contributed by atoms with van der Waals surface area (Å²) in [7, 11) is 0.